The Morgan fingerprint density at radius 1 is 1.59 bits per heavy atom. The lowest BCUT2D eigenvalue weighted by Gasteiger charge is -2.22. The molecule has 17 heavy (non-hydrogen) atoms. The van der Waals surface area contributed by atoms with Gasteiger partial charge < -0.3 is 15.5 Å². The van der Waals surface area contributed by atoms with Crippen molar-refractivity contribution in [3.05, 3.63) is 22.8 Å². The number of pyridine rings is 1. The molecule has 5 heteroatoms. The zero-order chi connectivity index (χ0) is 12.4. The van der Waals surface area contributed by atoms with Crippen molar-refractivity contribution in [2.75, 3.05) is 32.1 Å². The predicted molar refractivity (Wildman–Crippen MR) is 71.4 cm³/mol. The van der Waals surface area contributed by atoms with Gasteiger partial charge in [-0.15, -0.1) is 0 Å². The van der Waals surface area contributed by atoms with Crippen LogP contribution in [0, 0.1) is 0 Å². The molecular weight excluding hydrogens is 236 g/mol. The van der Waals surface area contributed by atoms with Crippen molar-refractivity contribution >= 4 is 17.4 Å². The molecule has 1 unspecified atom stereocenters. The second kappa shape index (κ2) is 5.21. The zero-order valence-corrected chi connectivity index (χ0v) is 11.1. The van der Waals surface area contributed by atoms with E-state index in [0.717, 1.165) is 30.9 Å². The molecule has 0 radical (unpaired) electrons. The van der Waals surface area contributed by atoms with Crippen molar-refractivity contribution in [1.29, 1.82) is 0 Å². The van der Waals surface area contributed by atoms with E-state index in [2.05, 4.69) is 28.9 Å². The van der Waals surface area contributed by atoms with Crippen LogP contribution >= 0.6 is 11.6 Å². The highest BCUT2D eigenvalue weighted by Crippen LogP contribution is 2.29. The van der Waals surface area contributed by atoms with E-state index in [4.69, 9.17) is 17.3 Å². The van der Waals surface area contributed by atoms with E-state index in [1.807, 2.05) is 6.07 Å². The fraction of sp³-hybridized carbons (Fsp3) is 0.583. The summed E-state index contributed by atoms with van der Waals surface area (Å²) in [7, 11) is 4.22. The number of aromatic nitrogens is 1. The highest BCUT2D eigenvalue weighted by molar-refractivity contribution is 6.33. The third-order valence-corrected chi connectivity index (χ3v) is 3.78. The summed E-state index contributed by atoms with van der Waals surface area (Å²) in [6.07, 6.45) is 2.93. The van der Waals surface area contributed by atoms with Crippen LogP contribution in [0.25, 0.3) is 0 Å². The lowest BCUT2D eigenvalue weighted by molar-refractivity contribution is 0.315. The number of hydrogen-bond donors (Lipinski definition) is 1. The van der Waals surface area contributed by atoms with Crippen molar-refractivity contribution < 1.29 is 0 Å². The number of rotatable bonds is 3. The van der Waals surface area contributed by atoms with Gasteiger partial charge in [0.1, 0.15) is 5.82 Å². The molecule has 1 aliphatic rings. The van der Waals surface area contributed by atoms with E-state index in [1.165, 1.54) is 0 Å². The minimum Gasteiger partial charge on any atom is -0.354 e. The average molecular weight is 255 g/mol. The molecule has 1 saturated heterocycles. The number of anilines is 1. The summed E-state index contributed by atoms with van der Waals surface area (Å²) in [6.45, 7) is 2.44. The number of nitrogens with zero attached hydrogens (tertiary/aromatic N) is 3. The van der Waals surface area contributed by atoms with E-state index in [1.54, 1.807) is 6.20 Å². The molecule has 0 spiro atoms. The molecular formula is C12H19ClN4. The van der Waals surface area contributed by atoms with E-state index in [0.29, 0.717) is 17.6 Å². The van der Waals surface area contributed by atoms with Gasteiger partial charge in [-0.05, 0) is 32.1 Å². The highest BCUT2D eigenvalue weighted by atomic mass is 35.5. The monoisotopic (exact) mass is 254 g/mol. The zero-order valence-electron chi connectivity index (χ0n) is 10.4. The average Bonchev–Trinajstić information content (AvgIpc) is 2.78. The van der Waals surface area contributed by atoms with Crippen LogP contribution < -0.4 is 10.6 Å². The van der Waals surface area contributed by atoms with Gasteiger partial charge in [-0.3, -0.25) is 0 Å². The minimum atomic E-state index is 0.458. The molecule has 0 amide bonds. The molecule has 0 saturated carbocycles. The van der Waals surface area contributed by atoms with Crippen LogP contribution in [-0.2, 0) is 6.54 Å². The number of halogens is 1. The van der Waals surface area contributed by atoms with Crippen LogP contribution in [-0.4, -0.2) is 43.1 Å². The molecule has 1 atom stereocenters. The quantitative estimate of drug-likeness (QED) is 0.884. The molecule has 0 aromatic carbocycles. The first-order valence-corrected chi connectivity index (χ1v) is 6.26. The van der Waals surface area contributed by atoms with Gasteiger partial charge in [0.2, 0.25) is 0 Å². The molecule has 2 heterocycles. The molecule has 1 fully saturated rings. The summed E-state index contributed by atoms with van der Waals surface area (Å²) in [6, 6.07) is 2.46. The van der Waals surface area contributed by atoms with Gasteiger partial charge in [-0.25, -0.2) is 4.98 Å². The summed E-state index contributed by atoms with van der Waals surface area (Å²) >= 11 is 6.32. The lowest BCUT2D eigenvalue weighted by Crippen LogP contribution is -2.31. The van der Waals surface area contributed by atoms with Crippen molar-refractivity contribution in [3.63, 3.8) is 0 Å². The minimum absolute atomic E-state index is 0.458. The maximum Gasteiger partial charge on any atom is 0.147 e. The third kappa shape index (κ3) is 2.54. The molecule has 0 aliphatic carbocycles. The molecule has 1 aliphatic heterocycles. The third-order valence-electron chi connectivity index (χ3n) is 3.36. The van der Waals surface area contributed by atoms with Gasteiger partial charge in [0.15, 0.2) is 0 Å². The van der Waals surface area contributed by atoms with E-state index < -0.39 is 0 Å². The first-order valence-electron chi connectivity index (χ1n) is 5.88. The maximum absolute atomic E-state index is 6.32. The van der Waals surface area contributed by atoms with Gasteiger partial charge in [-0.2, -0.15) is 0 Å². The van der Waals surface area contributed by atoms with E-state index in [-0.39, 0.29) is 0 Å². The summed E-state index contributed by atoms with van der Waals surface area (Å²) in [5.74, 6) is 0.874. The van der Waals surface area contributed by atoms with Crippen LogP contribution in [0.15, 0.2) is 12.3 Å². The molecule has 1 aromatic heterocycles. The Bertz CT molecular complexity index is 394. The smallest absolute Gasteiger partial charge is 0.147 e. The number of nitrogens with two attached hydrogens (primary N) is 1. The van der Waals surface area contributed by atoms with Crippen LogP contribution in [0.4, 0.5) is 5.82 Å². The van der Waals surface area contributed by atoms with Crippen molar-refractivity contribution in [1.82, 2.24) is 9.88 Å². The molecule has 0 bridgehead atoms. The molecule has 94 valence electrons. The molecule has 1 aromatic rings. The molecule has 2 N–H and O–H groups in total. The lowest BCUT2D eigenvalue weighted by atomic mass is 10.2. The fourth-order valence-electron chi connectivity index (χ4n) is 2.21. The van der Waals surface area contributed by atoms with Crippen LogP contribution in [0.3, 0.4) is 0 Å². The summed E-state index contributed by atoms with van der Waals surface area (Å²) in [5, 5.41) is 0.703. The van der Waals surface area contributed by atoms with Gasteiger partial charge in [0.25, 0.3) is 0 Å². The van der Waals surface area contributed by atoms with Gasteiger partial charge in [0.05, 0.1) is 5.02 Å². The standard InChI is InChI=1S/C12H19ClN4/c1-16(2)10-4-6-17(8-10)12-11(13)9(7-14)3-5-15-12/h3,5,10H,4,6-8,14H2,1-2H3. The normalized spacial score (nSPS) is 20.3. The second-order valence-electron chi connectivity index (χ2n) is 4.66. The highest BCUT2D eigenvalue weighted by Gasteiger charge is 2.26. The Labute approximate surface area is 107 Å². The van der Waals surface area contributed by atoms with Gasteiger partial charge in [0, 0.05) is 31.9 Å². The van der Waals surface area contributed by atoms with E-state index >= 15 is 0 Å². The van der Waals surface area contributed by atoms with Crippen LogP contribution in [0.2, 0.25) is 5.02 Å². The fourth-order valence-corrected chi connectivity index (χ4v) is 2.51. The topological polar surface area (TPSA) is 45.4 Å². The largest absolute Gasteiger partial charge is 0.354 e. The first-order chi connectivity index (χ1) is 8.13. The Kier molecular flexibility index (Phi) is 3.86. The van der Waals surface area contributed by atoms with Crippen molar-refractivity contribution in [3.8, 4) is 0 Å². The number of likely N-dealkylation sites (N-methyl/N-ethyl adjacent to an activating group) is 1. The summed E-state index contributed by atoms with van der Waals surface area (Å²) < 4.78 is 0. The Morgan fingerprint density at radius 2 is 2.35 bits per heavy atom. The Morgan fingerprint density at radius 3 is 2.94 bits per heavy atom. The second-order valence-corrected chi connectivity index (χ2v) is 5.04. The van der Waals surface area contributed by atoms with Gasteiger partial charge >= 0.3 is 0 Å². The Hall–Kier alpha value is -0.840. The summed E-state index contributed by atoms with van der Waals surface area (Å²) in [5.41, 5.74) is 6.62. The molecule has 2 rings (SSSR count). The van der Waals surface area contributed by atoms with Crippen LogP contribution in [0.1, 0.15) is 12.0 Å². The first kappa shape index (κ1) is 12.6. The van der Waals surface area contributed by atoms with Crippen molar-refractivity contribution in [2.45, 2.75) is 19.0 Å². The van der Waals surface area contributed by atoms with Crippen molar-refractivity contribution in [2.24, 2.45) is 5.73 Å². The SMILES string of the molecule is CN(C)C1CCN(c2nccc(CN)c2Cl)C1. The Balaban J connectivity index is 2.19. The predicted octanol–water partition coefficient (Wildman–Crippen LogP) is 1.33. The van der Waals surface area contributed by atoms with Crippen LogP contribution in [0.5, 0.6) is 0 Å². The maximum atomic E-state index is 6.32. The number of hydrogen-bond acceptors (Lipinski definition) is 4. The molecule has 4 nitrogen and oxygen atoms in total. The summed E-state index contributed by atoms with van der Waals surface area (Å²) in [4.78, 5) is 8.88. The van der Waals surface area contributed by atoms with Gasteiger partial charge in [-0.1, -0.05) is 11.6 Å². The van der Waals surface area contributed by atoms with E-state index in [9.17, 15) is 0 Å².